The average Bonchev–Trinajstić information content (AvgIpc) is 2.55. The van der Waals surface area contributed by atoms with Crippen LogP contribution in [0.2, 0.25) is 0 Å². The molecule has 0 aliphatic carbocycles. The summed E-state index contributed by atoms with van der Waals surface area (Å²) >= 11 is 0. The number of benzene rings is 2. The second kappa shape index (κ2) is 7.31. The van der Waals surface area contributed by atoms with Crippen LogP contribution in [0.15, 0.2) is 42.5 Å². The third kappa shape index (κ3) is 4.00. The molecule has 0 aliphatic heterocycles. The largest absolute Gasteiger partial charge is 0.497 e. The van der Waals surface area contributed by atoms with Gasteiger partial charge in [0.05, 0.1) is 19.3 Å². The maximum Gasteiger partial charge on any atom is 0.343 e. The number of rotatable bonds is 6. The Morgan fingerprint density at radius 2 is 1.70 bits per heavy atom. The standard InChI is InChI=1S/C17H16O6/c1-3-22-15-10-13(8-9-14(15)16(18)19)23-17(20)11-4-6-12(21-2)7-5-11/h4-10H,3H2,1-2H3,(H,18,19). The molecule has 2 aromatic carbocycles. The maximum atomic E-state index is 12.1. The van der Waals surface area contributed by atoms with Crippen molar-refractivity contribution in [3.05, 3.63) is 53.6 Å². The van der Waals surface area contributed by atoms with E-state index in [1.807, 2.05) is 0 Å². The number of hydrogen-bond acceptors (Lipinski definition) is 5. The smallest absolute Gasteiger partial charge is 0.343 e. The zero-order valence-corrected chi connectivity index (χ0v) is 12.7. The van der Waals surface area contributed by atoms with Crippen LogP contribution in [0.5, 0.6) is 17.2 Å². The van der Waals surface area contributed by atoms with E-state index in [-0.39, 0.29) is 17.1 Å². The van der Waals surface area contributed by atoms with E-state index in [0.717, 1.165) is 0 Å². The molecule has 2 rings (SSSR count). The van der Waals surface area contributed by atoms with Gasteiger partial charge in [-0.1, -0.05) is 0 Å². The molecule has 0 aromatic heterocycles. The van der Waals surface area contributed by atoms with Crippen LogP contribution in [-0.2, 0) is 0 Å². The first-order valence-corrected chi connectivity index (χ1v) is 6.91. The summed E-state index contributed by atoms with van der Waals surface area (Å²) in [6, 6.07) is 10.6. The molecule has 0 fully saturated rings. The molecule has 0 aliphatic rings. The number of ether oxygens (including phenoxy) is 3. The van der Waals surface area contributed by atoms with E-state index in [1.54, 1.807) is 31.2 Å². The number of carboxylic acids is 1. The van der Waals surface area contributed by atoms with Crippen molar-refractivity contribution < 1.29 is 28.9 Å². The molecule has 23 heavy (non-hydrogen) atoms. The number of carbonyl (C=O) groups excluding carboxylic acids is 1. The Morgan fingerprint density at radius 1 is 1.04 bits per heavy atom. The lowest BCUT2D eigenvalue weighted by Gasteiger charge is -2.10. The van der Waals surface area contributed by atoms with E-state index in [9.17, 15) is 9.59 Å². The lowest BCUT2D eigenvalue weighted by molar-refractivity contribution is 0.0692. The van der Waals surface area contributed by atoms with Crippen molar-refractivity contribution in [1.82, 2.24) is 0 Å². The second-order valence-electron chi connectivity index (χ2n) is 4.51. The summed E-state index contributed by atoms with van der Waals surface area (Å²) in [6.45, 7) is 2.04. The SMILES string of the molecule is CCOc1cc(OC(=O)c2ccc(OC)cc2)ccc1C(=O)O. The van der Waals surface area contributed by atoms with Gasteiger partial charge in [-0.3, -0.25) is 0 Å². The van der Waals surface area contributed by atoms with Crippen LogP contribution < -0.4 is 14.2 Å². The van der Waals surface area contributed by atoms with Gasteiger partial charge in [0.2, 0.25) is 0 Å². The molecule has 0 spiro atoms. The van der Waals surface area contributed by atoms with Gasteiger partial charge >= 0.3 is 11.9 Å². The van der Waals surface area contributed by atoms with E-state index in [0.29, 0.717) is 17.9 Å². The van der Waals surface area contributed by atoms with Gasteiger partial charge in [-0.2, -0.15) is 0 Å². The number of esters is 1. The molecular formula is C17H16O6. The molecule has 0 bridgehead atoms. The molecule has 0 radical (unpaired) electrons. The summed E-state index contributed by atoms with van der Waals surface area (Å²) in [7, 11) is 1.53. The third-order valence-corrected chi connectivity index (χ3v) is 3.02. The summed E-state index contributed by atoms with van der Waals surface area (Å²) in [5.41, 5.74) is 0.363. The topological polar surface area (TPSA) is 82.1 Å². The highest BCUT2D eigenvalue weighted by Gasteiger charge is 2.15. The lowest BCUT2D eigenvalue weighted by Crippen LogP contribution is -2.09. The predicted molar refractivity (Wildman–Crippen MR) is 82.5 cm³/mol. The molecular weight excluding hydrogens is 300 g/mol. The number of methoxy groups -OCH3 is 1. The highest BCUT2D eigenvalue weighted by Crippen LogP contribution is 2.26. The van der Waals surface area contributed by atoms with Crippen LogP contribution in [0.25, 0.3) is 0 Å². The van der Waals surface area contributed by atoms with Crippen LogP contribution in [-0.4, -0.2) is 30.8 Å². The molecule has 1 N–H and O–H groups in total. The molecule has 0 unspecified atom stereocenters. The molecule has 2 aromatic rings. The van der Waals surface area contributed by atoms with Gasteiger partial charge < -0.3 is 19.3 Å². The Kier molecular flexibility index (Phi) is 5.19. The summed E-state index contributed by atoms with van der Waals surface area (Å²) in [6.07, 6.45) is 0. The van der Waals surface area contributed by atoms with Crippen molar-refractivity contribution in [2.24, 2.45) is 0 Å². The summed E-state index contributed by atoms with van der Waals surface area (Å²) in [5, 5.41) is 9.09. The minimum absolute atomic E-state index is 0.0103. The maximum absolute atomic E-state index is 12.1. The van der Waals surface area contributed by atoms with Gasteiger partial charge in [-0.05, 0) is 43.3 Å². The quantitative estimate of drug-likeness (QED) is 0.651. The van der Waals surface area contributed by atoms with Crippen LogP contribution in [0.3, 0.4) is 0 Å². The molecule has 0 heterocycles. The number of carboxylic acid groups (broad SMARTS) is 1. The number of hydrogen-bond donors (Lipinski definition) is 1. The van der Waals surface area contributed by atoms with Crippen LogP contribution in [0.4, 0.5) is 0 Å². The molecule has 0 saturated heterocycles. The normalized spacial score (nSPS) is 10.0. The Bertz CT molecular complexity index is 706. The zero-order chi connectivity index (χ0) is 16.8. The summed E-state index contributed by atoms with van der Waals surface area (Å²) in [5.74, 6) is -0.676. The molecule has 0 amide bonds. The van der Waals surface area contributed by atoms with Crippen LogP contribution in [0, 0.1) is 0 Å². The number of aromatic carboxylic acids is 1. The van der Waals surface area contributed by atoms with Gasteiger partial charge in [0, 0.05) is 6.07 Å². The highest BCUT2D eigenvalue weighted by atomic mass is 16.5. The Hall–Kier alpha value is -3.02. The van der Waals surface area contributed by atoms with E-state index < -0.39 is 11.9 Å². The first-order valence-electron chi connectivity index (χ1n) is 6.91. The predicted octanol–water partition coefficient (Wildman–Crippen LogP) is 3.01. The average molecular weight is 316 g/mol. The first kappa shape index (κ1) is 16.4. The highest BCUT2D eigenvalue weighted by molar-refractivity contribution is 5.93. The van der Waals surface area contributed by atoms with Crippen molar-refractivity contribution in [1.29, 1.82) is 0 Å². The van der Waals surface area contributed by atoms with E-state index in [4.69, 9.17) is 19.3 Å². The lowest BCUT2D eigenvalue weighted by atomic mass is 10.2. The second-order valence-corrected chi connectivity index (χ2v) is 4.51. The minimum atomic E-state index is -1.11. The summed E-state index contributed by atoms with van der Waals surface area (Å²) < 4.78 is 15.5. The number of carbonyl (C=O) groups is 2. The summed E-state index contributed by atoms with van der Waals surface area (Å²) in [4.78, 5) is 23.2. The first-order chi connectivity index (χ1) is 11.0. The van der Waals surface area contributed by atoms with Crippen molar-refractivity contribution in [3.63, 3.8) is 0 Å². The third-order valence-electron chi connectivity index (χ3n) is 3.02. The molecule has 120 valence electrons. The fraction of sp³-hybridized carbons (Fsp3) is 0.176. The van der Waals surface area contributed by atoms with E-state index in [1.165, 1.54) is 25.3 Å². The fourth-order valence-corrected chi connectivity index (χ4v) is 1.91. The molecule has 6 heteroatoms. The van der Waals surface area contributed by atoms with Gasteiger partial charge in [0.15, 0.2) is 0 Å². The molecule has 0 atom stereocenters. The van der Waals surface area contributed by atoms with Crippen molar-refractivity contribution >= 4 is 11.9 Å². The van der Waals surface area contributed by atoms with Crippen LogP contribution >= 0.6 is 0 Å². The van der Waals surface area contributed by atoms with Gasteiger partial charge in [0.25, 0.3) is 0 Å². The Morgan fingerprint density at radius 3 is 2.26 bits per heavy atom. The van der Waals surface area contributed by atoms with Crippen molar-refractivity contribution in [3.8, 4) is 17.2 Å². The van der Waals surface area contributed by atoms with Crippen molar-refractivity contribution in [2.75, 3.05) is 13.7 Å². The molecule has 0 saturated carbocycles. The fourth-order valence-electron chi connectivity index (χ4n) is 1.91. The van der Waals surface area contributed by atoms with E-state index in [2.05, 4.69) is 0 Å². The van der Waals surface area contributed by atoms with Gasteiger partial charge in [0.1, 0.15) is 22.8 Å². The van der Waals surface area contributed by atoms with Gasteiger partial charge in [-0.25, -0.2) is 9.59 Å². The zero-order valence-electron chi connectivity index (χ0n) is 12.7. The van der Waals surface area contributed by atoms with Crippen molar-refractivity contribution in [2.45, 2.75) is 6.92 Å². The Balaban J connectivity index is 2.19. The van der Waals surface area contributed by atoms with Crippen LogP contribution in [0.1, 0.15) is 27.6 Å². The minimum Gasteiger partial charge on any atom is -0.497 e. The monoisotopic (exact) mass is 316 g/mol. The van der Waals surface area contributed by atoms with E-state index >= 15 is 0 Å². The van der Waals surface area contributed by atoms with Gasteiger partial charge in [-0.15, -0.1) is 0 Å². The Labute approximate surface area is 133 Å². The molecule has 6 nitrogen and oxygen atoms in total.